The fraction of sp³-hybridized carbons (Fsp3) is 0.0769. The lowest BCUT2D eigenvalue weighted by molar-refractivity contribution is -0.130. The van der Waals surface area contributed by atoms with Crippen LogP contribution in [0.25, 0.3) is 6.08 Å². The minimum absolute atomic E-state index is 0.00954. The third kappa shape index (κ3) is 5.09. The van der Waals surface area contributed by atoms with Crippen LogP contribution in [-0.4, -0.2) is 35.8 Å². The van der Waals surface area contributed by atoms with Gasteiger partial charge in [-0.3, -0.25) is 19.8 Å². The molecule has 0 bridgehead atoms. The third-order valence-electron chi connectivity index (χ3n) is 5.16. The van der Waals surface area contributed by atoms with Gasteiger partial charge in [0.1, 0.15) is 11.4 Å². The number of hydrogen-bond donors (Lipinski definition) is 1. The van der Waals surface area contributed by atoms with E-state index in [1.165, 1.54) is 49.6 Å². The summed E-state index contributed by atoms with van der Waals surface area (Å²) in [6.07, 6.45) is 1.30. The molecule has 1 N–H and O–H groups in total. The molecular weight excluding hydrogens is 455 g/mol. The molecule has 3 aromatic carbocycles. The molecule has 1 heterocycles. The predicted octanol–water partition coefficient (Wildman–Crippen LogP) is 3.72. The first kappa shape index (κ1) is 23.4. The number of halogens is 1. The van der Waals surface area contributed by atoms with Crippen molar-refractivity contribution in [3.05, 3.63) is 101 Å². The van der Waals surface area contributed by atoms with Crippen LogP contribution in [0.4, 0.5) is 9.18 Å². The highest BCUT2D eigenvalue weighted by molar-refractivity contribution is 6.31. The van der Waals surface area contributed by atoms with E-state index in [9.17, 15) is 23.6 Å². The highest BCUT2D eigenvalue weighted by Crippen LogP contribution is 2.30. The zero-order valence-electron chi connectivity index (χ0n) is 18.5. The summed E-state index contributed by atoms with van der Waals surface area (Å²) in [6.45, 7) is -0.00954. The first-order valence-corrected chi connectivity index (χ1v) is 10.4. The van der Waals surface area contributed by atoms with Gasteiger partial charge < -0.3 is 9.47 Å². The van der Waals surface area contributed by atoms with Crippen LogP contribution in [0.3, 0.4) is 0 Å². The highest BCUT2D eigenvalue weighted by Gasteiger charge is 2.35. The maximum atomic E-state index is 13.9. The smallest absolute Gasteiger partial charge is 0.346 e. The topological polar surface area (TPSA) is 102 Å². The summed E-state index contributed by atoms with van der Waals surface area (Å²) in [5.74, 6) is -3.10. The number of carbonyl (C=O) groups excluding carboxylic acids is 4. The van der Waals surface area contributed by atoms with Gasteiger partial charge in [0.2, 0.25) is 0 Å². The number of hydrogen-bond acceptors (Lipinski definition) is 6. The Bertz CT molecular complexity index is 1350. The van der Waals surface area contributed by atoms with Crippen LogP contribution in [0.5, 0.6) is 11.5 Å². The number of amides is 4. The van der Waals surface area contributed by atoms with Crippen molar-refractivity contribution in [1.82, 2.24) is 10.2 Å². The van der Waals surface area contributed by atoms with E-state index in [1.807, 2.05) is 0 Å². The molecule has 0 aliphatic carbocycles. The van der Waals surface area contributed by atoms with Crippen molar-refractivity contribution in [2.24, 2.45) is 0 Å². The highest BCUT2D eigenvalue weighted by atomic mass is 19.1. The molecule has 1 fully saturated rings. The lowest BCUT2D eigenvalue weighted by atomic mass is 10.1. The van der Waals surface area contributed by atoms with Crippen LogP contribution in [0, 0.1) is 5.82 Å². The van der Waals surface area contributed by atoms with Gasteiger partial charge in [-0.1, -0.05) is 48.5 Å². The van der Waals surface area contributed by atoms with Crippen molar-refractivity contribution in [1.29, 1.82) is 0 Å². The molecule has 176 valence electrons. The monoisotopic (exact) mass is 474 g/mol. The molecule has 1 saturated heterocycles. The maximum absolute atomic E-state index is 13.9. The Labute approximate surface area is 199 Å². The van der Waals surface area contributed by atoms with E-state index in [2.05, 4.69) is 5.32 Å². The normalized spacial score (nSPS) is 14.6. The van der Waals surface area contributed by atoms with Gasteiger partial charge in [0, 0.05) is 0 Å². The maximum Gasteiger partial charge on any atom is 0.346 e. The molecule has 8 nitrogen and oxygen atoms in total. The molecule has 9 heteroatoms. The lowest BCUT2D eigenvalue weighted by Gasteiger charge is -2.26. The molecule has 0 spiro atoms. The van der Waals surface area contributed by atoms with E-state index in [0.29, 0.717) is 11.1 Å². The summed E-state index contributed by atoms with van der Waals surface area (Å²) >= 11 is 0. The number of rotatable bonds is 6. The zero-order valence-corrected chi connectivity index (χ0v) is 18.5. The molecule has 35 heavy (non-hydrogen) atoms. The van der Waals surface area contributed by atoms with Crippen molar-refractivity contribution in [3.63, 3.8) is 0 Å². The number of carbonyl (C=O) groups is 4. The van der Waals surface area contributed by atoms with E-state index >= 15 is 0 Å². The van der Waals surface area contributed by atoms with Crippen molar-refractivity contribution in [2.45, 2.75) is 6.54 Å². The summed E-state index contributed by atoms with van der Waals surface area (Å²) in [4.78, 5) is 50.9. The Morgan fingerprint density at radius 2 is 1.69 bits per heavy atom. The Morgan fingerprint density at radius 3 is 2.40 bits per heavy atom. The second-order valence-electron chi connectivity index (χ2n) is 7.47. The Morgan fingerprint density at radius 1 is 0.971 bits per heavy atom. The first-order chi connectivity index (χ1) is 16.9. The number of nitrogens with zero attached hydrogens (tertiary/aromatic N) is 1. The Kier molecular flexibility index (Phi) is 6.68. The van der Waals surface area contributed by atoms with Crippen molar-refractivity contribution in [2.75, 3.05) is 7.11 Å². The SMILES string of the molecule is COc1cc(/C=C2/C(=O)NC(=O)N(Cc3ccccc3)C2=O)ccc1OC(=O)c1ccccc1F. The number of esters is 1. The number of benzene rings is 3. The molecule has 3 aromatic rings. The minimum Gasteiger partial charge on any atom is -0.493 e. The predicted molar refractivity (Wildman–Crippen MR) is 123 cm³/mol. The number of ether oxygens (including phenoxy) is 2. The Hall–Kier alpha value is -4.79. The molecule has 1 aliphatic heterocycles. The number of nitrogens with one attached hydrogen (secondary N) is 1. The summed E-state index contributed by atoms with van der Waals surface area (Å²) in [6, 6.07) is 17.8. The summed E-state index contributed by atoms with van der Waals surface area (Å²) in [5, 5.41) is 2.16. The molecule has 0 atom stereocenters. The summed E-state index contributed by atoms with van der Waals surface area (Å²) in [5.41, 5.74) is 0.597. The third-order valence-corrected chi connectivity index (χ3v) is 5.16. The Balaban J connectivity index is 1.58. The average molecular weight is 474 g/mol. The van der Waals surface area contributed by atoms with Gasteiger partial charge in [-0.15, -0.1) is 0 Å². The zero-order chi connectivity index (χ0) is 24.9. The molecule has 0 radical (unpaired) electrons. The molecule has 0 saturated carbocycles. The molecule has 0 aromatic heterocycles. The van der Waals surface area contributed by atoms with E-state index in [-0.39, 0.29) is 29.2 Å². The number of methoxy groups -OCH3 is 1. The van der Waals surface area contributed by atoms with Crippen LogP contribution in [0.15, 0.2) is 78.4 Å². The van der Waals surface area contributed by atoms with E-state index in [1.54, 1.807) is 30.3 Å². The quantitative estimate of drug-likeness (QED) is 0.253. The van der Waals surface area contributed by atoms with Gasteiger partial charge in [-0.25, -0.2) is 14.0 Å². The number of barbiturate groups is 1. The van der Waals surface area contributed by atoms with E-state index in [0.717, 1.165) is 11.0 Å². The number of imide groups is 2. The first-order valence-electron chi connectivity index (χ1n) is 10.4. The van der Waals surface area contributed by atoms with Crippen molar-refractivity contribution < 1.29 is 33.0 Å². The largest absolute Gasteiger partial charge is 0.493 e. The van der Waals surface area contributed by atoms with Gasteiger partial charge in [0.05, 0.1) is 19.2 Å². The van der Waals surface area contributed by atoms with E-state index < -0.39 is 29.6 Å². The lowest BCUT2D eigenvalue weighted by Crippen LogP contribution is -2.53. The van der Waals surface area contributed by atoms with E-state index in [4.69, 9.17) is 9.47 Å². The van der Waals surface area contributed by atoms with Gasteiger partial charge in [-0.2, -0.15) is 0 Å². The summed E-state index contributed by atoms with van der Waals surface area (Å²) < 4.78 is 24.4. The van der Waals surface area contributed by atoms with Crippen LogP contribution in [0.1, 0.15) is 21.5 Å². The van der Waals surface area contributed by atoms with Crippen LogP contribution in [-0.2, 0) is 16.1 Å². The molecule has 4 rings (SSSR count). The van der Waals surface area contributed by atoms with Crippen LogP contribution >= 0.6 is 0 Å². The van der Waals surface area contributed by atoms with Crippen molar-refractivity contribution >= 4 is 29.9 Å². The second kappa shape index (κ2) is 10.0. The fourth-order valence-corrected chi connectivity index (χ4v) is 3.41. The number of urea groups is 1. The average Bonchev–Trinajstić information content (AvgIpc) is 2.86. The summed E-state index contributed by atoms with van der Waals surface area (Å²) in [7, 11) is 1.34. The second-order valence-corrected chi connectivity index (χ2v) is 7.47. The van der Waals surface area contributed by atoms with Gasteiger partial charge in [0.25, 0.3) is 11.8 Å². The molecular formula is C26H19FN2O6. The van der Waals surface area contributed by atoms with Gasteiger partial charge >= 0.3 is 12.0 Å². The van der Waals surface area contributed by atoms with Gasteiger partial charge in [0.15, 0.2) is 11.5 Å². The van der Waals surface area contributed by atoms with Gasteiger partial charge in [-0.05, 0) is 41.5 Å². The van der Waals surface area contributed by atoms with Crippen LogP contribution in [0.2, 0.25) is 0 Å². The molecule has 1 aliphatic rings. The fourth-order valence-electron chi connectivity index (χ4n) is 3.41. The van der Waals surface area contributed by atoms with Crippen LogP contribution < -0.4 is 14.8 Å². The van der Waals surface area contributed by atoms with Crippen molar-refractivity contribution in [3.8, 4) is 11.5 Å². The standard InChI is InChI=1S/C26H19FN2O6/c1-34-22-14-17(11-12-21(22)35-25(32)18-9-5-6-10-20(18)27)13-19-23(30)28-26(33)29(24(19)31)15-16-7-3-2-4-8-16/h2-14H,15H2,1H3,(H,28,30,33)/b19-13-. The molecule has 4 amide bonds. The minimum atomic E-state index is -0.913. The molecule has 0 unspecified atom stereocenters.